The largest absolute Gasteiger partial charge is 0.463 e. The number of thioether (sulfide) groups is 1. The van der Waals surface area contributed by atoms with E-state index in [2.05, 4.69) is 10.4 Å². The number of hydrogen-bond acceptors (Lipinski definition) is 5. The van der Waals surface area contributed by atoms with Gasteiger partial charge >= 0.3 is 0 Å². The minimum Gasteiger partial charge on any atom is -0.463 e. The van der Waals surface area contributed by atoms with Gasteiger partial charge in [0.15, 0.2) is 0 Å². The van der Waals surface area contributed by atoms with Crippen LogP contribution >= 0.6 is 11.8 Å². The highest BCUT2D eigenvalue weighted by Gasteiger charge is 2.07. The monoisotopic (exact) mass is 303 g/mol. The van der Waals surface area contributed by atoms with Crippen LogP contribution in [-0.2, 0) is 18.8 Å². The Morgan fingerprint density at radius 2 is 2.20 bits per heavy atom. The lowest BCUT2D eigenvalue weighted by Crippen LogP contribution is -2.02. The molecule has 0 aliphatic heterocycles. The molecule has 0 unspecified atom stereocenters. The van der Waals surface area contributed by atoms with Crippen molar-refractivity contribution in [3.63, 3.8) is 0 Å². The highest BCUT2D eigenvalue weighted by Crippen LogP contribution is 2.21. The number of nitrogens with zero attached hydrogens (tertiary/aromatic N) is 2. The van der Waals surface area contributed by atoms with E-state index < -0.39 is 5.76 Å². The van der Waals surface area contributed by atoms with E-state index in [4.69, 9.17) is 9.52 Å². The van der Waals surface area contributed by atoms with Gasteiger partial charge in [0.25, 0.3) is 5.76 Å². The van der Waals surface area contributed by atoms with Gasteiger partial charge in [-0.1, -0.05) is 11.8 Å². The van der Waals surface area contributed by atoms with Crippen LogP contribution in [0, 0.1) is 0 Å². The van der Waals surface area contributed by atoms with Crippen LogP contribution in [-0.4, -0.2) is 27.3 Å². The Balaban J connectivity index is 1.81. The number of anilines is 1. The molecule has 0 aromatic carbocycles. The van der Waals surface area contributed by atoms with Crippen molar-refractivity contribution in [1.82, 2.24) is 9.78 Å². The van der Waals surface area contributed by atoms with Crippen molar-refractivity contribution in [1.29, 1.82) is 0 Å². The van der Waals surface area contributed by atoms with E-state index in [0.717, 1.165) is 5.69 Å². The molecule has 0 amide bonds. The van der Waals surface area contributed by atoms with Crippen LogP contribution in [0.5, 0.6) is 0 Å². The van der Waals surface area contributed by atoms with Gasteiger partial charge in [0.05, 0.1) is 37.3 Å². The molecule has 0 spiro atoms. The zero-order valence-corrected chi connectivity index (χ0v) is 11.4. The van der Waals surface area contributed by atoms with Crippen LogP contribution in [0.25, 0.3) is 0 Å². The molecule has 0 fully saturated rings. The molecule has 0 atom stereocenters. The van der Waals surface area contributed by atoms with Crippen molar-refractivity contribution in [2.45, 2.75) is 24.6 Å². The van der Waals surface area contributed by atoms with Crippen LogP contribution in [0.2, 0.25) is 0 Å². The highest BCUT2D eigenvalue weighted by molar-refractivity contribution is 7.98. The molecule has 5 nitrogen and oxygen atoms in total. The molecule has 2 N–H and O–H groups in total. The molecule has 0 saturated carbocycles. The Bertz CT molecular complexity index is 530. The number of nitrogens with one attached hydrogen (secondary N) is 1. The third kappa shape index (κ3) is 4.53. The Morgan fingerprint density at radius 1 is 1.40 bits per heavy atom. The first-order valence-electron chi connectivity index (χ1n) is 6.02. The summed E-state index contributed by atoms with van der Waals surface area (Å²) in [5.41, 5.74) is 0.804. The van der Waals surface area contributed by atoms with Crippen molar-refractivity contribution in [2.24, 2.45) is 0 Å². The van der Waals surface area contributed by atoms with Gasteiger partial charge in [-0.05, 0) is 12.1 Å². The van der Waals surface area contributed by atoms with E-state index in [1.807, 2.05) is 0 Å². The number of aliphatic hydroxyl groups excluding tert-OH is 1. The summed E-state index contributed by atoms with van der Waals surface area (Å²) >= 11 is 0.536. The smallest absolute Gasteiger partial charge is 0.284 e. The highest BCUT2D eigenvalue weighted by atomic mass is 32.2. The normalized spacial score (nSPS) is 11.2. The summed E-state index contributed by atoms with van der Waals surface area (Å²) in [6.07, 6.45) is 3.42. The fraction of sp³-hybridized carbons (Fsp3) is 0.417. The van der Waals surface area contributed by atoms with E-state index in [1.54, 1.807) is 29.2 Å². The van der Waals surface area contributed by atoms with Crippen molar-refractivity contribution in [2.75, 3.05) is 11.9 Å². The van der Waals surface area contributed by atoms with E-state index in [9.17, 15) is 8.78 Å². The van der Waals surface area contributed by atoms with Gasteiger partial charge in [0.1, 0.15) is 11.5 Å². The minimum atomic E-state index is -2.39. The Morgan fingerprint density at radius 3 is 2.95 bits per heavy atom. The van der Waals surface area contributed by atoms with E-state index in [-0.39, 0.29) is 12.4 Å². The molecule has 0 bridgehead atoms. The van der Waals surface area contributed by atoms with Gasteiger partial charge in [-0.15, -0.1) is 0 Å². The van der Waals surface area contributed by atoms with E-state index in [0.29, 0.717) is 36.4 Å². The second kappa shape index (κ2) is 7.30. The maximum absolute atomic E-state index is 12.0. The van der Waals surface area contributed by atoms with Crippen molar-refractivity contribution in [3.8, 4) is 0 Å². The number of aliphatic hydroxyl groups is 1. The molecule has 2 aromatic rings. The zero-order valence-electron chi connectivity index (χ0n) is 10.6. The molecule has 8 heteroatoms. The van der Waals surface area contributed by atoms with Gasteiger partial charge in [-0.2, -0.15) is 13.9 Å². The lowest BCUT2D eigenvalue weighted by molar-refractivity contribution is 0.251. The molecule has 0 aliphatic carbocycles. The molecule has 0 aliphatic rings. The zero-order chi connectivity index (χ0) is 14.4. The SMILES string of the molecule is OCCn1cc(NCc2ccc(CSC(F)F)o2)cn1. The Hall–Kier alpha value is -1.54. The number of alkyl halides is 2. The molecule has 2 aromatic heterocycles. The summed E-state index contributed by atoms with van der Waals surface area (Å²) in [5, 5.41) is 15.9. The first-order chi connectivity index (χ1) is 9.67. The quantitative estimate of drug-likeness (QED) is 0.784. The number of aromatic nitrogens is 2. The molecular formula is C12H15F2N3O2S. The number of halogens is 2. The predicted molar refractivity (Wildman–Crippen MR) is 72.6 cm³/mol. The van der Waals surface area contributed by atoms with Gasteiger partial charge in [0, 0.05) is 6.20 Å². The summed E-state index contributed by atoms with van der Waals surface area (Å²) < 4.78 is 31.1. The lowest BCUT2D eigenvalue weighted by atomic mass is 10.4. The van der Waals surface area contributed by atoms with Crippen LogP contribution in [0.3, 0.4) is 0 Å². The summed E-state index contributed by atoms with van der Waals surface area (Å²) in [6, 6.07) is 3.45. The average Bonchev–Trinajstić information content (AvgIpc) is 3.03. The maximum Gasteiger partial charge on any atom is 0.284 e. The van der Waals surface area contributed by atoms with Crippen molar-refractivity contribution >= 4 is 17.4 Å². The van der Waals surface area contributed by atoms with Crippen molar-refractivity contribution < 1.29 is 18.3 Å². The van der Waals surface area contributed by atoms with E-state index in [1.165, 1.54) is 0 Å². The first kappa shape index (κ1) is 14.9. The number of rotatable bonds is 8. The molecule has 20 heavy (non-hydrogen) atoms. The standard InChI is InChI=1S/C12H15F2N3O2S/c13-12(14)20-8-11-2-1-10(19-11)6-15-9-5-16-17(7-9)3-4-18/h1-2,5,7,12,15,18H,3-4,6,8H2. The molecule has 0 saturated heterocycles. The fourth-order valence-corrected chi connectivity index (χ4v) is 2.05. The fourth-order valence-electron chi connectivity index (χ4n) is 1.61. The van der Waals surface area contributed by atoms with Crippen LogP contribution < -0.4 is 5.32 Å². The minimum absolute atomic E-state index is 0.0322. The lowest BCUT2D eigenvalue weighted by Gasteiger charge is -2.00. The average molecular weight is 303 g/mol. The van der Waals surface area contributed by atoms with Gasteiger partial charge in [-0.3, -0.25) is 4.68 Å². The molecular weight excluding hydrogens is 288 g/mol. The number of hydrogen-bond donors (Lipinski definition) is 2. The summed E-state index contributed by atoms with van der Waals surface area (Å²) in [4.78, 5) is 0. The van der Waals surface area contributed by atoms with Gasteiger partial charge in [-0.25, -0.2) is 0 Å². The van der Waals surface area contributed by atoms with Crippen LogP contribution in [0.1, 0.15) is 11.5 Å². The summed E-state index contributed by atoms with van der Waals surface area (Å²) in [5.74, 6) is -1.03. The van der Waals surface area contributed by atoms with E-state index >= 15 is 0 Å². The molecule has 0 radical (unpaired) electrons. The topological polar surface area (TPSA) is 63.2 Å². The van der Waals surface area contributed by atoms with Crippen LogP contribution in [0.15, 0.2) is 28.9 Å². The third-order valence-electron chi connectivity index (χ3n) is 2.50. The maximum atomic E-state index is 12.0. The molecule has 2 heterocycles. The first-order valence-corrected chi connectivity index (χ1v) is 7.07. The molecule has 2 rings (SSSR count). The third-order valence-corrected chi connectivity index (χ3v) is 3.20. The number of furan rings is 1. The summed E-state index contributed by atoms with van der Waals surface area (Å²) in [7, 11) is 0. The predicted octanol–water partition coefficient (Wildman–Crippen LogP) is 2.54. The van der Waals surface area contributed by atoms with Gasteiger partial charge < -0.3 is 14.8 Å². The Kier molecular flexibility index (Phi) is 5.42. The second-order valence-corrected chi connectivity index (χ2v) is 4.99. The molecule has 110 valence electrons. The summed E-state index contributed by atoms with van der Waals surface area (Å²) in [6.45, 7) is 0.923. The van der Waals surface area contributed by atoms with Gasteiger partial charge in [0.2, 0.25) is 0 Å². The van der Waals surface area contributed by atoms with Crippen LogP contribution in [0.4, 0.5) is 14.5 Å². The van der Waals surface area contributed by atoms with Crippen molar-refractivity contribution in [3.05, 3.63) is 36.0 Å². The second-order valence-electron chi connectivity index (χ2n) is 4.01. The Labute approximate surface area is 119 Å².